The number of hydrogen-bond acceptors (Lipinski definition) is 3. The first kappa shape index (κ1) is 24.7. The number of esters is 1. The molecule has 0 aromatic rings. The average Bonchev–Trinajstić information content (AvgIpc) is 2.62. The molecule has 1 N–H and O–H groups in total. The number of ether oxygens (including phenoxy) is 1. The van der Waals surface area contributed by atoms with Gasteiger partial charge in [0.05, 0.1) is 6.61 Å². The fourth-order valence-electron chi connectivity index (χ4n) is 3.01. The summed E-state index contributed by atoms with van der Waals surface area (Å²) in [5, 5.41) is 8.39. The molecule has 0 aliphatic carbocycles. The third kappa shape index (κ3) is 20.7. The Morgan fingerprint density at radius 1 is 0.654 bits per heavy atom. The maximum absolute atomic E-state index is 11.1. The highest BCUT2D eigenvalue weighted by Crippen LogP contribution is 2.13. The number of aliphatic carboxylic acids is 1. The molecule has 0 bridgehead atoms. The Morgan fingerprint density at radius 3 is 1.42 bits per heavy atom. The van der Waals surface area contributed by atoms with Gasteiger partial charge in [-0.2, -0.15) is 0 Å². The molecule has 0 aliphatic rings. The Bertz CT molecular complexity index is 363. The molecule has 0 spiro atoms. The first-order valence-corrected chi connectivity index (χ1v) is 10.7. The molecule has 4 nitrogen and oxygen atoms in total. The summed E-state index contributed by atoms with van der Waals surface area (Å²) >= 11 is 0. The second-order valence-electron chi connectivity index (χ2n) is 7.14. The summed E-state index contributed by atoms with van der Waals surface area (Å²) in [6.07, 6.45) is 22.7. The summed E-state index contributed by atoms with van der Waals surface area (Å²) in [4.78, 5) is 21.4. The Balaban J connectivity index is 3.13. The van der Waals surface area contributed by atoms with E-state index in [2.05, 4.69) is 6.92 Å². The average molecular weight is 369 g/mol. The molecule has 0 radical (unpaired) electrons. The zero-order valence-corrected chi connectivity index (χ0v) is 16.8. The van der Waals surface area contributed by atoms with Crippen molar-refractivity contribution in [3.63, 3.8) is 0 Å². The van der Waals surface area contributed by atoms with Crippen molar-refractivity contribution >= 4 is 11.9 Å². The van der Waals surface area contributed by atoms with Gasteiger partial charge in [-0.05, 0) is 6.42 Å². The molecule has 0 unspecified atom stereocenters. The molecule has 0 aromatic carbocycles. The maximum atomic E-state index is 11.1. The molecule has 26 heavy (non-hydrogen) atoms. The van der Waals surface area contributed by atoms with Crippen molar-refractivity contribution in [1.82, 2.24) is 0 Å². The lowest BCUT2D eigenvalue weighted by atomic mass is 10.0. The van der Waals surface area contributed by atoms with Crippen molar-refractivity contribution in [2.45, 2.75) is 110 Å². The van der Waals surface area contributed by atoms with Crippen LogP contribution in [-0.2, 0) is 14.3 Å². The number of carbonyl (C=O) groups excluding carboxylic acids is 1. The molecule has 0 aliphatic heterocycles. The Hall–Kier alpha value is -1.32. The maximum Gasteiger partial charge on any atom is 0.331 e. The van der Waals surface area contributed by atoms with E-state index in [0.29, 0.717) is 6.61 Å². The van der Waals surface area contributed by atoms with Crippen LogP contribution in [0.15, 0.2) is 12.2 Å². The third-order valence-corrected chi connectivity index (χ3v) is 4.60. The van der Waals surface area contributed by atoms with Gasteiger partial charge in [0.15, 0.2) is 0 Å². The van der Waals surface area contributed by atoms with Crippen LogP contribution in [0.1, 0.15) is 110 Å². The van der Waals surface area contributed by atoms with Gasteiger partial charge in [-0.3, -0.25) is 0 Å². The molecule has 4 heteroatoms. The SMILES string of the molecule is CCCCCCCCCCCCCCCCCCOC(=O)/C=C/C(=O)O. The molecule has 0 atom stereocenters. The van der Waals surface area contributed by atoms with E-state index >= 15 is 0 Å². The lowest BCUT2D eigenvalue weighted by Gasteiger charge is -2.04. The summed E-state index contributed by atoms with van der Waals surface area (Å²) in [6.45, 7) is 2.64. The molecule has 0 saturated heterocycles. The second kappa shape index (κ2) is 20.0. The standard InChI is InChI=1S/C22H40O4/c1-2-3-4-5-6-7-8-9-10-11-12-13-14-15-16-17-20-26-22(25)19-18-21(23)24/h18-19H,2-17,20H2,1H3,(H,23,24)/b19-18+. The molecule has 0 aromatic heterocycles. The number of rotatable bonds is 19. The van der Waals surface area contributed by atoms with E-state index in [0.717, 1.165) is 25.0 Å². The zero-order chi connectivity index (χ0) is 19.3. The van der Waals surface area contributed by atoms with E-state index in [9.17, 15) is 9.59 Å². The number of carbonyl (C=O) groups is 2. The van der Waals surface area contributed by atoms with Crippen LogP contribution in [0.3, 0.4) is 0 Å². The Morgan fingerprint density at radius 2 is 1.04 bits per heavy atom. The van der Waals surface area contributed by atoms with Crippen LogP contribution in [0.2, 0.25) is 0 Å². The van der Waals surface area contributed by atoms with E-state index in [1.807, 2.05) is 0 Å². The van der Waals surface area contributed by atoms with Gasteiger partial charge < -0.3 is 9.84 Å². The zero-order valence-electron chi connectivity index (χ0n) is 16.8. The summed E-state index contributed by atoms with van der Waals surface area (Å²) in [5.74, 6) is -1.71. The van der Waals surface area contributed by atoms with Crippen LogP contribution in [-0.4, -0.2) is 23.7 Å². The number of carboxylic acids is 1. The van der Waals surface area contributed by atoms with Crippen molar-refractivity contribution in [2.75, 3.05) is 6.61 Å². The van der Waals surface area contributed by atoms with Crippen molar-refractivity contribution in [2.24, 2.45) is 0 Å². The van der Waals surface area contributed by atoms with E-state index in [1.54, 1.807) is 0 Å². The molecule has 0 fully saturated rings. The predicted octanol–water partition coefficient (Wildman–Crippen LogP) is 6.43. The molecular weight excluding hydrogens is 328 g/mol. The third-order valence-electron chi connectivity index (χ3n) is 4.60. The number of carboxylic acid groups (broad SMARTS) is 1. The smallest absolute Gasteiger partial charge is 0.331 e. The highest BCUT2D eigenvalue weighted by molar-refractivity contribution is 5.90. The summed E-state index contributed by atoms with van der Waals surface area (Å²) < 4.78 is 4.92. The predicted molar refractivity (Wildman–Crippen MR) is 107 cm³/mol. The van der Waals surface area contributed by atoms with Crippen LogP contribution < -0.4 is 0 Å². The minimum absolute atomic E-state index is 0.376. The van der Waals surface area contributed by atoms with Crippen LogP contribution in [0.25, 0.3) is 0 Å². The Kier molecular flexibility index (Phi) is 19.0. The van der Waals surface area contributed by atoms with Gasteiger partial charge in [0.2, 0.25) is 0 Å². The fraction of sp³-hybridized carbons (Fsp3) is 0.818. The highest BCUT2D eigenvalue weighted by Gasteiger charge is 1.98. The quantitative estimate of drug-likeness (QED) is 0.162. The van der Waals surface area contributed by atoms with Crippen molar-refractivity contribution in [1.29, 1.82) is 0 Å². The molecule has 0 heterocycles. The van der Waals surface area contributed by atoms with Crippen LogP contribution in [0, 0.1) is 0 Å². The van der Waals surface area contributed by atoms with Gasteiger partial charge in [0.25, 0.3) is 0 Å². The van der Waals surface area contributed by atoms with Gasteiger partial charge in [0.1, 0.15) is 0 Å². The molecule has 0 rings (SSSR count). The minimum atomic E-state index is -1.13. The van der Waals surface area contributed by atoms with Crippen molar-refractivity contribution in [3.8, 4) is 0 Å². The Labute approximate surface area is 160 Å². The lowest BCUT2D eigenvalue weighted by Crippen LogP contribution is -2.03. The minimum Gasteiger partial charge on any atom is -0.478 e. The molecule has 0 saturated carbocycles. The van der Waals surface area contributed by atoms with Gasteiger partial charge in [-0.1, -0.05) is 103 Å². The number of unbranched alkanes of at least 4 members (excludes halogenated alkanes) is 15. The van der Waals surface area contributed by atoms with Gasteiger partial charge in [-0.25, -0.2) is 9.59 Å². The summed E-state index contributed by atoms with van der Waals surface area (Å²) in [7, 11) is 0. The monoisotopic (exact) mass is 368 g/mol. The van der Waals surface area contributed by atoms with Gasteiger partial charge in [0, 0.05) is 12.2 Å². The van der Waals surface area contributed by atoms with Crippen molar-refractivity contribution < 1.29 is 19.4 Å². The van der Waals surface area contributed by atoms with E-state index < -0.39 is 11.9 Å². The fourth-order valence-corrected chi connectivity index (χ4v) is 3.01. The van der Waals surface area contributed by atoms with Crippen molar-refractivity contribution in [3.05, 3.63) is 12.2 Å². The highest BCUT2D eigenvalue weighted by atomic mass is 16.5. The van der Waals surface area contributed by atoms with Crippen LogP contribution >= 0.6 is 0 Å². The molecule has 152 valence electrons. The second-order valence-corrected chi connectivity index (χ2v) is 7.14. The first-order chi connectivity index (χ1) is 12.7. The number of hydrogen-bond donors (Lipinski definition) is 1. The molecule has 0 amide bonds. The molecular formula is C22H40O4. The topological polar surface area (TPSA) is 63.6 Å². The first-order valence-electron chi connectivity index (χ1n) is 10.7. The van der Waals surface area contributed by atoms with E-state index in [4.69, 9.17) is 9.84 Å². The van der Waals surface area contributed by atoms with E-state index in [1.165, 1.54) is 89.9 Å². The van der Waals surface area contributed by atoms with E-state index in [-0.39, 0.29) is 0 Å². The van der Waals surface area contributed by atoms with Crippen LogP contribution in [0.4, 0.5) is 0 Å². The van der Waals surface area contributed by atoms with Gasteiger partial charge >= 0.3 is 11.9 Å². The largest absolute Gasteiger partial charge is 0.478 e. The summed E-state index contributed by atoms with van der Waals surface area (Å²) in [5.41, 5.74) is 0. The lowest BCUT2D eigenvalue weighted by molar-refractivity contribution is -0.138. The normalized spacial score (nSPS) is 11.1. The van der Waals surface area contributed by atoms with Crippen LogP contribution in [0.5, 0.6) is 0 Å². The van der Waals surface area contributed by atoms with Gasteiger partial charge in [-0.15, -0.1) is 0 Å². The summed E-state index contributed by atoms with van der Waals surface area (Å²) in [6, 6.07) is 0.